The standard InChI is InChI=1S/C16H19BrN2O/c1-16-8-3-2-7-13(16)14(16)15(20)19-18-10-11-5-4-6-12(17)9-11/h4-6,9-10,13-14H,2-3,7-8H2,1H3,(H,19,20)/b18-10-/t13-,14+,16-/m0/s1. The molecule has 0 unspecified atom stereocenters. The van der Waals surface area contributed by atoms with Crippen LogP contribution in [0.25, 0.3) is 0 Å². The second-order valence-electron chi connectivity index (χ2n) is 6.13. The molecule has 1 amide bonds. The number of fused-ring (bicyclic) bond motifs is 1. The van der Waals surface area contributed by atoms with Crippen molar-refractivity contribution in [1.29, 1.82) is 0 Å². The van der Waals surface area contributed by atoms with E-state index in [4.69, 9.17) is 0 Å². The van der Waals surface area contributed by atoms with Crippen molar-refractivity contribution in [1.82, 2.24) is 5.43 Å². The smallest absolute Gasteiger partial charge is 0.244 e. The van der Waals surface area contributed by atoms with Gasteiger partial charge in [0.15, 0.2) is 0 Å². The maximum Gasteiger partial charge on any atom is 0.244 e. The number of benzene rings is 1. The van der Waals surface area contributed by atoms with Crippen LogP contribution < -0.4 is 5.43 Å². The molecule has 0 spiro atoms. The third-order valence-electron chi connectivity index (χ3n) is 4.85. The van der Waals surface area contributed by atoms with Gasteiger partial charge in [-0.3, -0.25) is 4.79 Å². The average molecular weight is 335 g/mol. The quantitative estimate of drug-likeness (QED) is 0.664. The number of hydrogen-bond acceptors (Lipinski definition) is 2. The van der Waals surface area contributed by atoms with Gasteiger partial charge < -0.3 is 0 Å². The lowest BCUT2D eigenvalue weighted by atomic mass is 9.90. The summed E-state index contributed by atoms with van der Waals surface area (Å²) in [5.74, 6) is 0.840. The number of hydrogen-bond donors (Lipinski definition) is 1. The minimum Gasteiger partial charge on any atom is -0.273 e. The van der Waals surface area contributed by atoms with E-state index in [0.29, 0.717) is 5.92 Å². The molecule has 0 bridgehead atoms. The molecule has 0 aromatic heterocycles. The Labute approximate surface area is 128 Å². The van der Waals surface area contributed by atoms with Crippen molar-refractivity contribution in [2.24, 2.45) is 22.4 Å². The van der Waals surface area contributed by atoms with Crippen LogP contribution in [-0.4, -0.2) is 12.1 Å². The number of amides is 1. The van der Waals surface area contributed by atoms with Crippen LogP contribution in [0.3, 0.4) is 0 Å². The summed E-state index contributed by atoms with van der Waals surface area (Å²) < 4.78 is 1.01. The van der Waals surface area contributed by atoms with E-state index < -0.39 is 0 Å². The lowest BCUT2D eigenvalue weighted by Gasteiger charge is -2.15. The van der Waals surface area contributed by atoms with Crippen LogP contribution in [0.15, 0.2) is 33.8 Å². The summed E-state index contributed by atoms with van der Waals surface area (Å²) in [6.45, 7) is 2.25. The van der Waals surface area contributed by atoms with Crippen molar-refractivity contribution in [3.8, 4) is 0 Å². The van der Waals surface area contributed by atoms with Gasteiger partial charge in [-0.2, -0.15) is 5.10 Å². The van der Waals surface area contributed by atoms with E-state index in [1.165, 1.54) is 25.7 Å². The average Bonchev–Trinajstić information content (AvgIpc) is 3.04. The van der Waals surface area contributed by atoms with Crippen LogP contribution in [0.1, 0.15) is 38.2 Å². The molecular formula is C16H19BrN2O. The van der Waals surface area contributed by atoms with Crippen molar-refractivity contribution in [2.45, 2.75) is 32.6 Å². The van der Waals surface area contributed by atoms with Crippen molar-refractivity contribution < 1.29 is 4.79 Å². The Kier molecular flexibility index (Phi) is 3.67. The fourth-order valence-corrected chi connectivity index (χ4v) is 4.09. The van der Waals surface area contributed by atoms with Crippen molar-refractivity contribution in [3.63, 3.8) is 0 Å². The highest BCUT2D eigenvalue weighted by Gasteiger charge is 2.64. The Bertz CT molecular complexity index is 557. The molecule has 4 heteroatoms. The van der Waals surface area contributed by atoms with Gasteiger partial charge in [0, 0.05) is 10.4 Å². The molecular weight excluding hydrogens is 316 g/mol. The number of carbonyl (C=O) groups excluding carboxylic acids is 1. The molecule has 0 radical (unpaired) electrons. The fraction of sp³-hybridized carbons (Fsp3) is 0.500. The van der Waals surface area contributed by atoms with E-state index >= 15 is 0 Å². The Morgan fingerprint density at radius 3 is 3.05 bits per heavy atom. The van der Waals surface area contributed by atoms with Gasteiger partial charge in [0.2, 0.25) is 5.91 Å². The first-order chi connectivity index (χ1) is 9.61. The van der Waals surface area contributed by atoms with Crippen LogP contribution in [0.5, 0.6) is 0 Å². The molecule has 1 aromatic rings. The molecule has 106 valence electrons. The first-order valence-electron chi connectivity index (χ1n) is 7.20. The molecule has 1 aromatic carbocycles. The maximum absolute atomic E-state index is 12.2. The Morgan fingerprint density at radius 2 is 2.35 bits per heavy atom. The normalized spacial score (nSPS) is 31.9. The topological polar surface area (TPSA) is 41.5 Å². The Hall–Kier alpha value is -1.16. The molecule has 3 atom stereocenters. The number of halogens is 1. The minimum absolute atomic E-state index is 0.0886. The molecule has 2 fully saturated rings. The van der Waals surface area contributed by atoms with Gasteiger partial charge in [0.1, 0.15) is 0 Å². The molecule has 0 aliphatic heterocycles. The highest BCUT2D eigenvalue weighted by molar-refractivity contribution is 9.10. The lowest BCUT2D eigenvalue weighted by Crippen LogP contribution is -2.22. The Morgan fingerprint density at radius 1 is 1.50 bits per heavy atom. The van der Waals surface area contributed by atoms with Crippen molar-refractivity contribution >= 4 is 28.1 Å². The zero-order chi connectivity index (χ0) is 14.2. The zero-order valence-electron chi connectivity index (χ0n) is 11.6. The third kappa shape index (κ3) is 2.53. The van der Waals surface area contributed by atoms with E-state index in [-0.39, 0.29) is 17.2 Å². The summed E-state index contributed by atoms with van der Waals surface area (Å²) in [7, 11) is 0. The lowest BCUT2D eigenvalue weighted by molar-refractivity contribution is -0.123. The zero-order valence-corrected chi connectivity index (χ0v) is 13.2. The number of rotatable bonds is 3. The van der Waals surface area contributed by atoms with Gasteiger partial charge in [0.05, 0.1) is 6.21 Å². The minimum atomic E-state index is 0.0886. The van der Waals surface area contributed by atoms with Crippen LogP contribution >= 0.6 is 15.9 Å². The van der Waals surface area contributed by atoms with Crippen LogP contribution in [0.4, 0.5) is 0 Å². The number of nitrogens with one attached hydrogen (secondary N) is 1. The number of hydrazone groups is 1. The predicted octanol–water partition coefficient (Wildman–Crippen LogP) is 3.73. The van der Waals surface area contributed by atoms with Gasteiger partial charge in [-0.15, -0.1) is 0 Å². The molecule has 20 heavy (non-hydrogen) atoms. The summed E-state index contributed by atoms with van der Waals surface area (Å²) >= 11 is 3.42. The maximum atomic E-state index is 12.2. The molecule has 1 N–H and O–H groups in total. The van der Waals surface area contributed by atoms with Gasteiger partial charge in [-0.05, 0) is 41.9 Å². The van der Waals surface area contributed by atoms with E-state index in [2.05, 4.69) is 33.4 Å². The van der Waals surface area contributed by atoms with E-state index in [1.807, 2.05) is 24.3 Å². The predicted molar refractivity (Wildman–Crippen MR) is 83.4 cm³/mol. The first-order valence-corrected chi connectivity index (χ1v) is 7.99. The number of carbonyl (C=O) groups is 1. The van der Waals surface area contributed by atoms with E-state index in [0.717, 1.165) is 10.0 Å². The van der Waals surface area contributed by atoms with Crippen molar-refractivity contribution in [3.05, 3.63) is 34.3 Å². The molecule has 3 nitrogen and oxygen atoms in total. The van der Waals surface area contributed by atoms with Gasteiger partial charge in [-0.25, -0.2) is 5.43 Å². The van der Waals surface area contributed by atoms with Gasteiger partial charge >= 0.3 is 0 Å². The molecule has 0 saturated heterocycles. The summed E-state index contributed by atoms with van der Waals surface area (Å²) in [6.07, 6.45) is 6.61. The fourth-order valence-electron chi connectivity index (χ4n) is 3.68. The third-order valence-corrected chi connectivity index (χ3v) is 5.34. The molecule has 3 rings (SSSR count). The summed E-state index contributed by atoms with van der Waals surface area (Å²) in [5, 5.41) is 4.09. The second kappa shape index (κ2) is 5.32. The SMILES string of the molecule is C[C@]12CCCC[C@H]1[C@@H]2C(=O)N/N=C\c1cccc(Br)c1. The summed E-state index contributed by atoms with van der Waals surface area (Å²) in [5.41, 5.74) is 3.92. The monoisotopic (exact) mass is 334 g/mol. The largest absolute Gasteiger partial charge is 0.273 e. The number of nitrogens with zero attached hydrogens (tertiary/aromatic N) is 1. The van der Waals surface area contributed by atoms with Gasteiger partial charge in [-0.1, -0.05) is 47.8 Å². The molecule has 0 heterocycles. The van der Waals surface area contributed by atoms with E-state index in [1.54, 1.807) is 6.21 Å². The summed E-state index contributed by atoms with van der Waals surface area (Å²) in [6, 6.07) is 7.84. The van der Waals surface area contributed by atoms with Gasteiger partial charge in [0.25, 0.3) is 0 Å². The highest BCUT2D eigenvalue weighted by atomic mass is 79.9. The Balaban J connectivity index is 1.58. The highest BCUT2D eigenvalue weighted by Crippen LogP contribution is 2.66. The van der Waals surface area contributed by atoms with E-state index in [9.17, 15) is 4.79 Å². The molecule has 2 aliphatic rings. The van der Waals surface area contributed by atoms with Crippen LogP contribution in [0.2, 0.25) is 0 Å². The van der Waals surface area contributed by atoms with Crippen molar-refractivity contribution in [2.75, 3.05) is 0 Å². The summed E-state index contributed by atoms with van der Waals surface area (Å²) in [4.78, 5) is 12.2. The molecule has 2 saturated carbocycles. The molecule has 2 aliphatic carbocycles. The van der Waals surface area contributed by atoms with Crippen LogP contribution in [-0.2, 0) is 4.79 Å². The first kappa shape index (κ1) is 13.8. The second-order valence-corrected chi connectivity index (χ2v) is 7.04. The van der Waals surface area contributed by atoms with Crippen LogP contribution in [0, 0.1) is 17.3 Å².